The fourth-order valence-corrected chi connectivity index (χ4v) is 1.52. The highest BCUT2D eigenvalue weighted by Gasteiger charge is 2.30. The maximum Gasteiger partial charge on any atom is 0.337 e. The SMILES string of the molecule is COC(=O)C(O)C(O)c1cc(C=O)cc(OC)c1O. The third kappa shape index (κ3) is 3.01. The van der Waals surface area contributed by atoms with Gasteiger partial charge in [0.05, 0.1) is 14.2 Å². The van der Waals surface area contributed by atoms with Gasteiger partial charge in [0.15, 0.2) is 17.6 Å². The highest BCUT2D eigenvalue weighted by molar-refractivity contribution is 5.79. The first kappa shape index (κ1) is 14.9. The van der Waals surface area contributed by atoms with Gasteiger partial charge in [0.25, 0.3) is 0 Å². The summed E-state index contributed by atoms with van der Waals surface area (Å²) in [6.45, 7) is 0. The number of aliphatic hydroxyl groups is 2. The molecule has 0 amide bonds. The Morgan fingerprint density at radius 1 is 1.32 bits per heavy atom. The van der Waals surface area contributed by atoms with Crippen LogP contribution in [0.3, 0.4) is 0 Å². The van der Waals surface area contributed by atoms with Gasteiger partial charge in [0.2, 0.25) is 0 Å². The van der Waals surface area contributed by atoms with Gasteiger partial charge in [-0.15, -0.1) is 0 Å². The van der Waals surface area contributed by atoms with Gasteiger partial charge in [-0.2, -0.15) is 0 Å². The van der Waals surface area contributed by atoms with Crippen molar-refractivity contribution in [3.05, 3.63) is 23.3 Å². The van der Waals surface area contributed by atoms with Gasteiger partial charge in [0.1, 0.15) is 12.4 Å². The average Bonchev–Trinajstić information content (AvgIpc) is 2.45. The Kier molecular flexibility index (Phi) is 4.85. The van der Waals surface area contributed by atoms with Crippen LogP contribution in [0.2, 0.25) is 0 Å². The highest BCUT2D eigenvalue weighted by atomic mass is 16.5. The Hall–Kier alpha value is -2.12. The van der Waals surface area contributed by atoms with Crippen molar-refractivity contribution in [1.82, 2.24) is 0 Å². The zero-order valence-electron chi connectivity index (χ0n) is 10.4. The van der Waals surface area contributed by atoms with E-state index in [2.05, 4.69) is 4.74 Å². The number of methoxy groups -OCH3 is 2. The molecule has 7 nitrogen and oxygen atoms in total. The second-order valence-corrected chi connectivity index (χ2v) is 3.69. The van der Waals surface area contributed by atoms with E-state index in [9.17, 15) is 24.9 Å². The van der Waals surface area contributed by atoms with Crippen molar-refractivity contribution < 1.29 is 34.4 Å². The third-order valence-electron chi connectivity index (χ3n) is 2.54. The quantitative estimate of drug-likeness (QED) is 0.500. The minimum absolute atomic E-state index is 0.0595. The Morgan fingerprint density at radius 2 is 1.95 bits per heavy atom. The molecule has 0 heterocycles. The summed E-state index contributed by atoms with van der Waals surface area (Å²) in [7, 11) is 2.30. The van der Waals surface area contributed by atoms with Crippen molar-refractivity contribution in [3.63, 3.8) is 0 Å². The number of hydrogen-bond acceptors (Lipinski definition) is 7. The molecule has 0 fully saturated rings. The summed E-state index contributed by atoms with van der Waals surface area (Å²) in [5, 5.41) is 29.2. The molecule has 0 bridgehead atoms. The Morgan fingerprint density at radius 3 is 2.42 bits per heavy atom. The maximum atomic E-state index is 11.1. The number of aromatic hydroxyl groups is 1. The molecular formula is C12H14O7. The van der Waals surface area contributed by atoms with Gasteiger partial charge in [-0.05, 0) is 12.1 Å². The van der Waals surface area contributed by atoms with Crippen LogP contribution in [0.5, 0.6) is 11.5 Å². The van der Waals surface area contributed by atoms with E-state index < -0.39 is 23.9 Å². The molecule has 2 unspecified atom stereocenters. The number of ether oxygens (including phenoxy) is 2. The van der Waals surface area contributed by atoms with Crippen LogP contribution in [0, 0.1) is 0 Å². The zero-order chi connectivity index (χ0) is 14.6. The monoisotopic (exact) mass is 270 g/mol. The average molecular weight is 270 g/mol. The first-order chi connectivity index (χ1) is 8.96. The van der Waals surface area contributed by atoms with E-state index in [1.54, 1.807) is 0 Å². The van der Waals surface area contributed by atoms with Crippen LogP contribution in [-0.2, 0) is 9.53 Å². The molecular weight excluding hydrogens is 256 g/mol. The number of carbonyl (C=O) groups excluding carboxylic acids is 2. The summed E-state index contributed by atoms with van der Waals surface area (Å²) < 4.78 is 9.10. The first-order valence-electron chi connectivity index (χ1n) is 5.26. The number of esters is 1. The summed E-state index contributed by atoms with van der Waals surface area (Å²) in [4.78, 5) is 21.9. The zero-order valence-corrected chi connectivity index (χ0v) is 10.4. The molecule has 1 aromatic rings. The lowest BCUT2D eigenvalue weighted by atomic mass is 10.0. The van der Waals surface area contributed by atoms with Gasteiger partial charge >= 0.3 is 5.97 Å². The standard InChI is InChI=1S/C12H14O7/c1-18-8-4-6(5-13)3-7(9(8)14)10(15)11(16)12(17)19-2/h3-5,10-11,14-16H,1-2H3. The number of carbonyl (C=O) groups is 2. The number of hydrogen-bond donors (Lipinski definition) is 3. The molecule has 1 rings (SSSR count). The number of phenols is 1. The molecule has 0 radical (unpaired) electrons. The molecule has 0 aliphatic heterocycles. The number of rotatable bonds is 5. The van der Waals surface area contributed by atoms with Crippen molar-refractivity contribution in [2.24, 2.45) is 0 Å². The predicted octanol–water partition coefficient (Wildman–Crippen LogP) is -0.219. The lowest BCUT2D eigenvalue weighted by Gasteiger charge is -2.18. The Labute approximate surface area is 109 Å². The number of benzene rings is 1. The van der Waals surface area contributed by atoms with Crippen LogP contribution >= 0.6 is 0 Å². The van der Waals surface area contributed by atoms with Crippen molar-refractivity contribution in [1.29, 1.82) is 0 Å². The molecule has 0 spiro atoms. The van der Waals surface area contributed by atoms with Gasteiger partial charge in [-0.1, -0.05) is 0 Å². The van der Waals surface area contributed by atoms with E-state index in [4.69, 9.17) is 4.74 Å². The Balaban J connectivity index is 3.25. The normalized spacial score (nSPS) is 13.5. The van der Waals surface area contributed by atoms with E-state index >= 15 is 0 Å². The summed E-state index contributed by atoms with van der Waals surface area (Å²) in [5.41, 5.74) is -0.0971. The second kappa shape index (κ2) is 6.17. The van der Waals surface area contributed by atoms with E-state index in [0.717, 1.165) is 13.2 Å². The molecule has 3 N–H and O–H groups in total. The minimum Gasteiger partial charge on any atom is -0.504 e. The number of aldehydes is 1. The lowest BCUT2D eigenvalue weighted by Crippen LogP contribution is -2.29. The van der Waals surface area contributed by atoms with E-state index in [1.807, 2.05) is 0 Å². The van der Waals surface area contributed by atoms with E-state index in [1.165, 1.54) is 13.2 Å². The molecule has 104 valence electrons. The topological polar surface area (TPSA) is 113 Å². The fraction of sp³-hybridized carbons (Fsp3) is 0.333. The maximum absolute atomic E-state index is 11.1. The third-order valence-corrected chi connectivity index (χ3v) is 2.54. The van der Waals surface area contributed by atoms with Crippen LogP contribution in [0.4, 0.5) is 0 Å². The molecule has 1 aromatic carbocycles. The van der Waals surface area contributed by atoms with E-state index in [-0.39, 0.29) is 16.9 Å². The van der Waals surface area contributed by atoms with Crippen LogP contribution < -0.4 is 4.74 Å². The predicted molar refractivity (Wildman–Crippen MR) is 63.0 cm³/mol. The van der Waals surface area contributed by atoms with Crippen molar-refractivity contribution in [2.75, 3.05) is 14.2 Å². The van der Waals surface area contributed by atoms with Gasteiger partial charge in [-0.25, -0.2) is 4.79 Å². The molecule has 0 aliphatic carbocycles. The van der Waals surface area contributed by atoms with Crippen LogP contribution in [0.25, 0.3) is 0 Å². The van der Waals surface area contributed by atoms with Gasteiger partial charge in [0, 0.05) is 11.1 Å². The van der Waals surface area contributed by atoms with E-state index in [0.29, 0.717) is 6.29 Å². The van der Waals surface area contributed by atoms with Crippen LogP contribution in [-0.4, -0.2) is 47.9 Å². The van der Waals surface area contributed by atoms with Crippen molar-refractivity contribution >= 4 is 12.3 Å². The molecule has 0 saturated heterocycles. The Bertz CT molecular complexity index is 483. The largest absolute Gasteiger partial charge is 0.504 e. The smallest absolute Gasteiger partial charge is 0.337 e. The van der Waals surface area contributed by atoms with Crippen molar-refractivity contribution in [3.8, 4) is 11.5 Å². The fourth-order valence-electron chi connectivity index (χ4n) is 1.52. The van der Waals surface area contributed by atoms with Gasteiger partial charge in [-0.3, -0.25) is 4.79 Å². The molecule has 0 aromatic heterocycles. The molecule has 0 saturated carbocycles. The lowest BCUT2D eigenvalue weighted by molar-refractivity contribution is -0.156. The van der Waals surface area contributed by atoms with Crippen LogP contribution in [0.15, 0.2) is 12.1 Å². The van der Waals surface area contributed by atoms with Crippen LogP contribution in [0.1, 0.15) is 22.0 Å². The van der Waals surface area contributed by atoms with Gasteiger partial charge < -0.3 is 24.8 Å². The molecule has 7 heteroatoms. The highest BCUT2D eigenvalue weighted by Crippen LogP contribution is 2.36. The van der Waals surface area contributed by atoms with Crippen molar-refractivity contribution in [2.45, 2.75) is 12.2 Å². The first-order valence-corrected chi connectivity index (χ1v) is 5.26. The summed E-state index contributed by atoms with van der Waals surface area (Å²) in [6.07, 6.45) is -3.16. The minimum atomic E-state index is -1.89. The summed E-state index contributed by atoms with van der Waals surface area (Å²) in [6, 6.07) is 2.39. The summed E-state index contributed by atoms with van der Waals surface area (Å²) in [5.74, 6) is -1.60. The molecule has 19 heavy (non-hydrogen) atoms. The molecule has 0 aliphatic rings. The second-order valence-electron chi connectivity index (χ2n) is 3.69. The number of phenolic OH excluding ortho intramolecular Hbond substituents is 1. The molecule has 2 atom stereocenters. The summed E-state index contributed by atoms with van der Waals surface area (Å²) >= 11 is 0. The number of aliphatic hydroxyl groups excluding tert-OH is 2.